The maximum Gasteiger partial charge on any atom is 0.337 e. The summed E-state index contributed by atoms with van der Waals surface area (Å²) in [4.78, 5) is 26.4. The SMILES string of the molecule is COC(=O)c1cccc(NC2CCN(C(=O)[C@H]3CCN[C@@H](C)C3)CC2)c1. The second-order valence-corrected chi connectivity index (χ2v) is 7.39. The van der Waals surface area contributed by atoms with Crippen LogP contribution in [0.15, 0.2) is 24.3 Å². The van der Waals surface area contributed by atoms with E-state index in [1.165, 1.54) is 7.11 Å². The zero-order valence-electron chi connectivity index (χ0n) is 15.7. The van der Waals surface area contributed by atoms with Gasteiger partial charge in [-0.1, -0.05) is 6.07 Å². The van der Waals surface area contributed by atoms with Gasteiger partial charge in [0, 0.05) is 36.8 Å². The van der Waals surface area contributed by atoms with E-state index in [-0.39, 0.29) is 11.9 Å². The number of esters is 1. The van der Waals surface area contributed by atoms with Crippen LogP contribution in [0.4, 0.5) is 5.69 Å². The van der Waals surface area contributed by atoms with Gasteiger partial charge in [-0.3, -0.25) is 4.79 Å². The van der Waals surface area contributed by atoms with Gasteiger partial charge in [0.15, 0.2) is 0 Å². The first kappa shape index (κ1) is 18.7. The van der Waals surface area contributed by atoms with Crippen molar-refractivity contribution in [1.82, 2.24) is 10.2 Å². The molecule has 142 valence electrons. The van der Waals surface area contributed by atoms with Crippen molar-refractivity contribution in [2.75, 3.05) is 32.1 Å². The molecule has 0 saturated carbocycles. The molecule has 26 heavy (non-hydrogen) atoms. The molecule has 2 fully saturated rings. The second-order valence-electron chi connectivity index (χ2n) is 7.39. The molecule has 0 aromatic heterocycles. The molecule has 2 aliphatic rings. The summed E-state index contributed by atoms with van der Waals surface area (Å²) in [6, 6.07) is 8.13. The van der Waals surface area contributed by atoms with Gasteiger partial charge in [-0.25, -0.2) is 4.79 Å². The van der Waals surface area contributed by atoms with Crippen LogP contribution in [0.5, 0.6) is 0 Å². The van der Waals surface area contributed by atoms with E-state index in [0.29, 0.717) is 23.6 Å². The highest BCUT2D eigenvalue weighted by Gasteiger charge is 2.30. The van der Waals surface area contributed by atoms with Crippen LogP contribution in [0.3, 0.4) is 0 Å². The molecule has 3 rings (SSSR count). The number of ether oxygens (including phenoxy) is 1. The minimum absolute atomic E-state index is 0.174. The van der Waals surface area contributed by atoms with E-state index in [0.717, 1.165) is 51.0 Å². The molecule has 1 aromatic carbocycles. The Labute approximate surface area is 155 Å². The van der Waals surface area contributed by atoms with Gasteiger partial charge in [-0.05, 0) is 57.4 Å². The van der Waals surface area contributed by atoms with Gasteiger partial charge in [-0.2, -0.15) is 0 Å². The van der Waals surface area contributed by atoms with Crippen LogP contribution in [-0.4, -0.2) is 55.6 Å². The second kappa shape index (κ2) is 8.54. The summed E-state index contributed by atoms with van der Waals surface area (Å²) in [5.41, 5.74) is 1.47. The molecule has 0 spiro atoms. The van der Waals surface area contributed by atoms with Crippen LogP contribution in [0.1, 0.15) is 43.0 Å². The lowest BCUT2D eigenvalue weighted by Gasteiger charge is -2.37. The number of amides is 1. The average molecular weight is 359 g/mol. The smallest absolute Gasteiger partial charge is 0.337 e. The average Bonchev–Trinajstić information content (AvgIpc) is 2.67. The number of likely N-dealkylation sites (tertiary alicyclic amines) is 1. The molecule has 6 heteroatoms. The number of carbonyl (C=O) groups excluding carboxylic acids is 2. The Hall–Kier alpha value is -2.08. The molecule has 2 atom stereocenters. The maximum atomic E-state index is 12.7. The molecule has 2 heterocycles. The predicted molar refractivity (Wildman–Crippen MR) is 101 cm³/mol. The Morgan fingerprint density at radius 3 is 2.69 bits per heavy atom. The van der Waals surface area contributed by atoms with Crippen molar-refractivity contribution in [3.8, 4) is 0 Å². The van der Waals surface area contributed by atoms with Crippen molar-refractivity contribution in [2.45, 2.75) is 44.7 Å². The van der Waals surface area contributed by atoms with Gasteiger partial charge in [0.25, 0.3) is 0 Å². The Balaban J connectivity index is 1.51. The van der Waals surface area contributed by atoms with E-state index in [2.05, 4.69) is 17.6 Å². The van der Waals surface area contributed by atoms with Crippen LogP contribution in [0, 0.1) is 5.92 Å². The normalized spacial score (nSPS) is 24.2. The molecule has 0 unspecified atom stereocenters. The predicted octanol–water partition coefficient (Wildman–Crippen LogP) is 2.26. The Morgan fingerprint density at radius 1 is 1.23 bits per heavy atom. The Kier molecular flexibility index (Phi) is 6.14. The third-order valence-corrected chi connectivity index (χ3v) is 5.43. The molecule has 0 radical (unpaired) electrons. The largest absolute Gasteiger partial charge is 0.465 e. The van der Waals surface area contributed by atoms with Crippen LogP contribution >= 0.6 is 0 Å². The number of hydrogen-bond acceptors (Lipinski definition) is 5. The molecule has 0 aliphatic carbocycles. The molecule has 6 nitrogen and oxygen atoms in total. The van der Waals surface area contributed by atoms with Crippen LogP contribution in [0.2, 0.25) is 0 Å². The highest BCUT2D eigenvalue weighted by Crippen LogP contribution is 2.23. The lowest BCUT2D eigenvalue weighted by atomic mass is 9.91. The maximum absolute atomic E-state index is 12.7. The third kappa shape index (κ3) is 4.55. The summed E-state index contributed by atoms with van der Waals surface area (Å²) >= 11 is 0. The number of carbonyl (C=O) groups is 2. The zero-order valence-corrected chi connectivity index (χ0v) is 15.7. The number of hydrogen-bond donors (Lipinski definition) is 2. The van der Waals surface area contributed by atoms with Gasteiger partial charge in [0.2, 0.25) is 5.91 Å². The molecule has 2 aliphatic heterocycles. The first-order chi connectivity index (χ1) is 12.6. The number of nitrogens with one attached hydrogen (secondary N) is 2. The third-order valence-electron chi connectivity index (χ3n) is 5.43. The van der Waals surface area contributed by atoms with Crippen molar-refractivity contribution in [3.05, 3.63) is 29.8 Å². The number of methoxy groups -OCH3 is 1. The van der Waals surface area contributed by atoms with Crippen molar-refractivity contribution in [2.24, 2.45) is 5.92 Å². The molecule has 2 saturated heterocycles. The van der Waals surface area contributed by atoms with E-state index in [9.17, 15) is 9.59 Å². The van der Waals surface area contributed by atoms with Gasteiger partial charge >= 0.3 is 5.97 Å². The van der Waals surface area contributed by atoms with Gasteiger partial charge in [-0.15, -0.1) is 0 Å². The monoisotopic (exact) mass is 359 g/mol. The Morgan fingerprint density at radius 2 is 2.00 bits per heavy atom. The van der Waals surface area contributed by atoms with Gasteiger partial charge in [0.1, 0.15) is 0 Å². The van der Waals surface area contributed by atoms with Gasteiger partial charge < -0.3 is 20.3 Å². The van der Waals surface area contributed by atoms with Crippen LogP contribution in [0.25, 0.3) is 0 Å². The summed E-state index contributed by atoms with van der Waals surface area (Å²) in [5, 5.41) is 6.90. The van der Waals surface area contributed by atoms with Crippen molar-refractivity contribution >= 4 is 17.6 Å². The molecule has 1 amide bonds. The van der Waals surface area contributed by atoms with Crippen molar-refractivity contribution in [3.63, 3.8) is 0 Å². The van der Waals surface area contributed by atoms with E-state index in [1.807, 2.05) is 23.1 Å². The topological polar surface area (TPSA) is 70.7 Å². The first-order valence-corrected chi connectivity index (χ1v) is 9.54. The fraction of sp³-hybridized carbons (Fsp3) is 0.600. The fourth-order valence-electron chi connectivity index (χ4n) is 3.95. The molecule has 1 aromatic rings. The highest BCUT2D eigenvalue weighted by molar-refractivity contribution is 5.90. The number of rotatable bonds is 4. The summed E-state index contributed by atoms with van der Waals surface area (Å²) in [5.74, 6) is 0.169. The summed E-state index contributed by atoms with van der Waals surface area (Å²) in [7, 11) is 1.39. The quantitative estimate of drug-likeness (QED) is 0.807. The lowest BCUT2D eigenvalue weighted by molar-refractivity contribution is -0.137. The number of benzene rings is 1. The summed E-state index contributed by atoms with van der Waals surface area (Å²) in [6.07, 6.45) is 3.74. The molecular weight excluding hydrogens is 330 g/mol. The Bertz CT molecular complexity index is 641. The molecular formula is C20H29N3O3. The van der Waals surface area contributed by atoms with E-state index in [1.54, 1.807) is 6.07 Å². The highest BCUT2D eigenvalue weighted by atomic mass is 16.5. The standard InChI is InChI=1S/C20H29N3O3/c1-14-12-15(6-9-21-14)19(24)23-10-7-17(8-11-23)22-18-5-3-4-16(13-18)20(25)26-2/h3-5,13-15,17,21-22H,6-12H2,1-2H3/t14-,15-/m0/s1. The van der Waals surface area contributed by atoms with E-state index in [4.69, 9.17) is 4.74 Å². The fourth-order valence-corrected chi connectivity index (χ4v) is 3.95. The lowest BCUT2D eigenvalue weighted by Crippen LogP contribution is -2.48. The number of nitrogens with zero attached hydrogens (tertiary/aromatic N) is 1. The van der Waals surface area contributed by atoms with Gasteiger partial charge in [0.05, 0.1) is 12.7 Å². The minimum Gasteiger partial charge on any atom is -0.465 e. The minimum atomic E-state index is -0.328. The molecule has 2 N–H and O–H groups in total. The summed E-state index contributed by atoms with van der Waals surface area (Å²) < 4.78 is 4.77. The number of anilines is 1. The van der Waals surface area contributed by atoms with E-state index < -0.39 is 0 Å². The van der Waals surface area contributed by atoms with Crippen molar-refractivity contribution in [1.29, 1.82) is 0 Å². The van der Waals surface area contributed by atoms with E-state index >= 15 is 0 Å². The number of piperidine rings is 2. The van der Waals surface area contributed by atoms with Crippen LogP contribution in [-0.2, 0) is 9.53 Å². The first-order valence-electron chi connectivity index (χ1n) is 9.54. The summed E-state index contributed by atoms with van der Waals surface area (Å²) in [6.45, 7) is 4.68. The van der Waals surface area contributed by atoms with Crippen LogP contribution < -0.4 is 10.6 Å². The zero-order chi connectivity index (χ0) is 18.5. The van der Waals surface area contributed by atoms with Crippen molar-refractivity contribution < 1.29 is 14.3 Å². The molecule has 0 bridgehead atoms.